The normalized spacial score (nSPS) is 20.9. The number of nitrogens with zero attached hydrogens (tertiary/aromatic N) is 3. The fraction of sp³-hybridized carbons (Fsp3) is 0.789. The van der Waals surface area contributed by atoms with Crippen molar-refractivity contribution in [1.29, 1.82) is 5.26 Å². The van der Waals surface area contributed by atoms with E-state index in [1.54, 1.807) is 13.5 Å². The summed E-state index contributed by atoms with van der Waals surface area (Å²) in [6.07, 6.45) is 10.0. The molecule has 0 aromatic heterocycles. The first-order valence-corrected chi connectivity index (χ1v) is 9.74. The van der Waals surface area contributed by atoms with Gasteiger partial charge >= 0.3 is 6.03 Å². The number of nitriles is 1. The molecule has 0 unspecified atom stereocenters. The Bertz CT molecular complexity index is 517. The molecule has 2 aliphatic rings. The number of piperidine rings is 1. The Balaban J connectivity index is 1.72. The Kier molecular flexibility index (Phi) is 7.70. The molecule has 1 saturated carbocycles. The van der Waals surface area contributed by atoms with Crippen molar-refractivity contribution in [2.45, 2.75) is 56.9 Å². The van der Waals surface area contributed by atoms with Gasteiger partial charge < -0.3 is 20.9 Å². The standard InChI is InChI=1S/C19H32N5O2/c1-23(18(21)26)13-14-24-11-9-19(15-20,10-12-24)22-17(25)8-7-16-5-3-2-4-6-16/h8,16H,2-7,9-14H2,1H3,(H2,21,26)(H,22,25). The van der Waals surface area contributed by atoms with Crippen LogP contribution in [0.5, 0.6) is 0 Å². The van der Waals surface area contributed by atoms with Crippen LogP contribution in [-0.2, 0) is 4.79 Å². The molecule has 0 aromatic rings. The highest BCUT2D eigenvalue weighted by Crippen LogP contribution is 2.27. The van der Waals surface area contributed by atoms with Gasteiger partial charge in [-0.05, 0) is 25.2 Å². The number of rotatable bonds is 7. The van der Waals surface area contributed by atoms with E-state index in [0.29, 0.717) is 25.3 Å². The first-order valence-electron chi connectivity index (χ1n) is 9.74. The topological polar surface area (TPSA) is 102 Å². The van der Waals surface area contributed by atoms with E-state index in [1.807, 2.05) is 0 Å². The molecule has 1 heterocycles. The average Bonchev–Trinajstić information content (AvgIpc) is 2.66. The van der Waals surface area contributed by atoms with Crippen LogP contribution in [0.15, 0.2) is 0 Å². The summed E-state index contributed by atoms with van der Waals surface area (Å²) >= 11 is 0. The minimum atomic E-state index is -0.772. The predicted molar refractivity (Wildman–Crippen MR) is 99.9 cm³/mol. The van der Waals surface area contributed by atoms with Crippen LogP contribution in [0, 0.1) is 23.7 Å². The van der Waals surface area contributed by atoms with E-state index >= 15 is 0 Å². The number of primary amides is 1. The van der Waals surface area contributed by atoms with Crippen LogP contribution >= 0.6 is 0 Å². The van der Waals surface area contributed by atoms with Crippen molar-refractivity contribution in [2.75, 3.05) is 33.2 Å². The molecule has 7 nitrogen and oxygen atoms in total. The Hall–Kier alpha value is -1.81. The highest BCUT2D eigenvalue weighted by atomic mass is 16.2. The summed E-state index contributed by atoms with van der Waals surface area (Å²) in [6, 6.07) is 1.89. The number of likely N-dealkylation sites (tertiary alicyclic amines) is 1. The Morgan fingerprint density at radius 3 is 2.54 bits per heavy atom. The molecule has 3 amide bonds. The lowest BCUT2D eigenvalue weighted by molar-refractivity contribution is -0.119. The minimum absolute atomic E-state index is 0.112. The fourth-order valence-corrected chi connectivity index (χ4v) is 3.81. The van der Waals surface area contributed by atoms with Gasteiger partial charge in [-0.1, -0.05) is 32.1 Å². The van der Waals surface area contributed by atoms with Crippen LogP contribution < -0.4 is 11.1 Å². The number of hydrogen-bond donors (Lipinski definition) is 2. The summed E-state index contributed by atoms with van der Waals surface area (Å²) in [6.45, 7) is 2.74. The van der Waals surface area contributed by atoms with Crippen LogP contribution in [0.4, 0.5) is 4.79 Å². The third-order valence-electron chi connectivity index (χ3n) is 5.78. The van der Waals surface area contributed by atoms with Crippen molar-refractivity contribution in [1.82, 2.24) is 15.1 Å². The zero-order chi connectivity index (χ0) is 19.0. The lowest BCUT2D eigenvalue weighted by Gasteiger charge is -2.38. The van der Waals surface area contributed by atoms with Crippen LogP contribution in [-0.4, -0.2) is 60.5 Å². The van der Waals surface area contributed by atoms with Gasteiger partial charge in [0.2, 0.25) is 5.91 Å². The number of carbonyl (C=O) groups excluding carboxylic acids is 2. The van der Waals surface area contributed by atoms with E-state index in [-0.39, 0.29) is 5.91 Å². The van der Waals surface area contributed by atoms with Gasteiger partial charge in [-0.3, -0.25) is 4.79 Å². The van der Waals surface area contributed by atoms with Crippen LogP contribution in [0.1, 0.15) is 51.4 Å². The van der Waals surface area contributed by atoms with Gasteiger partial charge in [0, 0.05) is 39.6 Å². The average molecular weight is 362 g/mol. The van der Waals surface area contributed by atoms with Crippen LogP contribution in [0.2, 0.25) is 0 Å². The number of nitrogens with one attached hydrogen (secondary N) is 1. The van der Waals surface area contributed by atoms with Gasteiger partial charge in [0.15, 0.2) is 0 Å². The number of likely N-dealkylation sites (N-methyl/N-ethyl adjacent to an activating group) is 1. The van der Waals surface area contributed by atoms with Gasteiger partial charge in [0.25, 0.3) is 0 Å². The van der Waals surface area contributed by atoms with Crippen molar-refractivity contribution in [3.63, 3.8) is 0 Å². The SMILES string of the molecule is CN(CCN1CCC(C#N)(NC(=O)[CH]CC2CCCCC2)CC1)C(N)=O. The second kappa shape index (κ2) is 9.77. The Morgan fingerprint density at radius 2 is 1.96 bits per heavy atom. The lowest BCUT2D eigenvalue weighted by Crippen LogP contribution is -2.55. The van der Waals surface area contributed by atoms with E-state index < -0.39 is 11.6 Å². The molecular formula is C19H32N5O2. The van der Waals surface area contributed by atoms with Crippen LogP contribution in [0.3, 0.4) is 0 Å². The van der Waals surface area contributed by atoms with E-state index in [4.69, 9.17) is 5.73 Å². The molecule has 2 rings (SSSR count). The first kappa shape index (κ1) is 20.5. The van der Waals surface area contributed by atoms with Crippen molar-refractivity contribution in [3.05, 3.63) is 6.42 Å². The molecule has 1 radical (unpaired) electrons. The fourth-order valence-electron chi connectivity index (χ4n) is 3.81. The second-order valence-electron chi connectivity index (χ2n) is 7.73. The molecule has 1 saturated heterocycles. The Labute approximate surface area is 156 Å². The molecule has 0 bridgehead atoms. The van der Waals surface area contributed by atoms with Crippen molar-refractivity contribution in [2.24, 2.45) is 11.7 Å². The monoisotopic (exact) mass is 362 g/mol. The third kappa shape index (κ3) is 6.17. The summed E-state index contributed by atoms with van der Waals surface area (Å²) in [4.78, 5) is 27.0. The quantitative estimate of drug-likeness (QED) is 0.719. The molecule has 1 aliphatic carbocycles. The molecule has 3 N–H and O–H groups in total. The zero-order valence-electron chi connectivity index (χ0n) is 15.9. The van der Waals surface area contributed by atoms with Crippen molar-refractivity contribution >= 4 is 11.9 Å². The minimum Gasteiger partial charge on any atom is -0.351 e. The summed E-state index contributed by atoms with van der Waals surface area (Å²) < 4.78 is 0. The maximum absolute atomic E-state index is 12.3. The van der Waals surface area contributed by atoms with Crippen molar-refractivity contribution in [3.8, 4) is 6.07 Å². The molecule has 0 aromatic carbocycles. The summed E-state index contributed by atoms with van der Waals surface area (Å²) in [5.41, 5.74) is 4.46. The van der Waals surface area contributed by atoms with E-state index in [0.717, 1.165) is 26.1 Å². The highest BCUT2D eigenvalue weighted by molar-refractivity contribution is 5.85. The van der Waals surface area contributed by atoms with Crippen molar-refractivity contribution < 1.29 is 9.59 Å². The Morgan fingerprint density at radius 1 is 1.31 bits per heavy atom. The van der Waals surface area contributed by atoms with Crippen LogP contribution in [0.25, 0.3) is 0 Å². The zero-order valence-corrected chi connectivity index (χ0v) is 15.9. The second-order valence-corrected chi connectivity index (χ2v) is 7.73. The predicted octanol–water partition coefficient (Wildman–Crippen LogP) is 1.65. The summed E-state index contributed by atoms with van der Waals surface area (Å²) in [5, 5.41) is 12.6. The maximum Gasteiger partial charge on any atom is 0.314 e. The molecule has 145 valence electrons. The van der Waals surface area contributed by atoms with Gasteiger partial charge in [0.1, 0.15) is 5.54 Å². The highest BCUT2D eigenvalue weighted by Gasteiger charge is 2.36. The van der Waals surface area contributed by atoms with E-state index in [2.05, 4.69) is 16.3 Å². The number of hydrogen-bond acceptors (Lipinski definition) is 4. The third-order valence-corrected chi connectivity index (χ3v) is 5.78. The molecule has 1 aliphatic heterocycles. The molecule has 7 heteroatoms. The van der Waals surface area contributed by atoms with E-state index in [1.165, 1.54) is 37.0 Å². The van der Waals surface area contributed by atoms with Gasteiger partial charge in [0.05, 0.1) is 6.07 Å². The van der Waals surface area contributed by atoms with Gasteiger partial charge in [-0.2, -0.15) is 5.26 Å². The number of urea groups is 1. The van der Waals surface area contributed by atoms with Gasteiger partial charge in [-0.15, -0.1) is 0 Å². The molecular weight excluding hydrogens is 330 g/mol. The van der Waals surface area contributed by atoms with E-state index in [9.17, 15) is 14.9 Å². The van der Waals surface area contributed by atoms with Gasteiger partial charge in [-0.25, -0.2) is 4.79 Å². The molecule has 2 fully saturated rings. The number of nitrogens with two attached hydrogens (primary N) is 1. The number of amides is 3. The molecule has 0 atom stereocenters. The molecule has 26 heavy (non-hydrogen) atoms. The summed E-state index contributed by atoms with van der Waals surface area (Å²) in [5.74, 6) is 0.510. The molecule has 0 spiro atoms. The first-order chi connectivity index (χ1) is 12.4. The number of carbonyl (C=O) groups is 2. The largest absolute Gasteiger partial charge is 0.351 e. The maximum atomic E-state index is 12.3. The smallest absolute Gasteiger partial charge is 0.314 e. The summed E-state index contributed by atoms with van der Waals surface area (Å²) in [7, 11) is 1.67. The lowest BCUT2D eigenvalue weighted by atomic mass is 9.85.